The lowest BCUT2D eigenvalue weighted by molar-refractivity contribution is -0.147. The first kappa shape index (κ1) is 10.5. The molecule has 5 heteroatoms. The summed E-state index contributed by atoms with van der Waals surface area (Å²) in [5, 5.41) is 0. The molecule has 0 radical (unpaired) electrons. The van der Waals surface area contributed by atoms with Crippen molar-refractivity contribution >= 4 is 5.91 Å². The van der Waals surface area contributed by atoms with Crippen LogP contribution in [0.3, 0.4) is 0 Å². The Kier molecular flexibility index (Phi) is 2.61. The number of carbonyl (C=O) groups excluding carboxylic acids is 1. The van der Waals surface area contributed by atoms with Gasteiger partial charge >= 0.3 is 0 Å². The van der Waals surface area contributed by atoms with E-state index in [1.54, 1.807) is 0 Å². The Labute approximate surface area is 95.5 Å². The molecule has 0 spiro atoms. The van der Waals surface area contributed by atoms with Crippen LogP contribution < -0.4 is 5.73 Å². The molecule has 3 aliphatic heterocycles. The van der Waals surface area contributed by atoms with Gasteiger partial charge in [0.05, 0.1) is 12.7 Å². The van der Waals surface area contributed by atoms with E-state index in [9.17, 15) is 4.79 Å². The lowest BCUT2D eigenvalue weighted by atomic mass is 10.1. The lowest BCUT2D eigenvalue weighted by Crippen LogP contribution is -2.63. The van der Waals surface area contributed by atoms with Crippen LogP contribution in [0, 0.1) is 0 Å². The van der Waals surface area contributed by atoms with Gasteiger partial charge in [-0.05, 0) is 19.4 Å². The molecule has 3 unspecified atom stereocenters. The maximum absolute atomic E-state index is 11.4. The molecule has 3 fully saturated rings. The second-order valence-electron chi connectivity index (χ2n) is 5.10. The van der Waals surface area contributed by atoms with Crippen LogP contribution in [0.2, 0.25) is 0 Å². The quantitative estimate of drug-likeness (QED) is 0.614. The number of nitrogens with zero attached hydrogens (tertiary/aromatic N) is 2. The number of ether oxygens (including phenoxy) is 1. The minimum atomic E-state index is -0.261. The molecule has 16 heavy (non-hydrogen) atoms. The van der Waals surface area contributed by atoms with Crippen LogP contribution in [0.5, 0.6) is 0 Å². The van der Waals surface area contributed by atoms with E-state index in [4.69, 9.17) is 10.5 Å². The molecule has 1 amide bonds. The summed E-state index contributed by atoms with van der Waals surface area (Å²) < 4.78 is 5.81. The third-order valence-electron chi connectivity index (χ3n) is 3.93. The molecule has 5 nitrogen and oxygen atoms in total. The molecule has 3 atom stereocenters. The van der Waals surface area contributed by atoms with Crippen molar-refractivity contribution in [2.75, 3.05) is 32.8 Å². The fourth-order valence-electron chi connectivity index (χ4n) is 2.93. The van der Waals surface area contributed by atoms with Crippen LogP contribution in [0.1, 0.15) is 12.8 Å². The van der Waals surface area contributed by atoms with E-state index in [0.29, 0.717) is 12.6 Å². The van der Waals surface area contributed by atoms with Gasteiger partial charge in [-0.1, -0.05) is 0 Å². The Bertz CT molecular complexity index is 297. The molecule has 0 aromatic carbocycles. The van der Waals surface area contributed by atoms with E-state index in [0.717, 1.165) is 19.7 Å². The number of rotatable bonds is 2. The summed E-state index contributed by atoms with van der Waals surface area (Å²) in [6, 6.07) is 0.369. The van der Waals surface area contributed by atoms with Crippen molar-refractivity contribution in [3.05, 3.63) is 0 Å². The first-order chi connectivity index (χ1) is 7.74. The van der Waals surface area contributed by atoms with E-state index in [2.05, 4.69) is 4.90 Å². The number of likely N-dealkylation sites (tertiary alicyclic amines) is 1. The van der Waals surface area contributed by atoms with Crippen molar-refractivity contribution in [3.63, 3.8) is 0 Å². The third kappa shape index (κ3) is 1.73. The summed E-state index contributed by atoms with van der Waals surface area (Å²) in [5.41, 5.74) is 5.56. The van der Waals surface area contributed by atoms with Gasteiger partial charge < -0.3 is 15.4 Å². The second-order valence-corrected chi connectivity index (χ2v) is 5.10. The van der Waals surface area contributed by atoms with Gasteiger partial charge in [0.25, 0.3) is 0 Å². The highest BCUT2D eigenvalue weighted by molar-refractivity contribution is 5.87. The van der Waals surface area contributed by atoms with Gasteiger partial charge in [-0.25, -0.2) is 0 Å². The summed E-state index contributed by atoms with van der Waals surface area (Å²) in [4.78, 5) is 15.7. The molecule has 3 saturated heterocycles. The van der Waals surface area contributed by atoms with Gasteiger partial charge in [0.2, 0.25) is 5.91 Å². The number of hydrogen-bond acceptors (Lipinski definition) is 4. The Hall–Kier alpha value is -0.650. The first-order valence-electron chi connectivity index (χ1n) is 6.14. The minimum absolute atomic E-state index is 0.0761. The molecule has 0 saturated carbocycles. The van der Waals surface area contributed by atoms with Crippen LogP contribution >= 0.6 is 0 Å². The van der Waals surface area contributed by atoms with Crippen molar-refractivity contribution in [1.82, 2.24) is 9.80 Å². The Morgan fingerprint density at radius 2 is 2.31 bits per heavy atom. The highest BCUT2D eigenvalue weighted by atomic mass is 16.5. The number of nitrogens with two attached hydrogens (primary N) is 1. The zero-order valence-corrected chi connectivity index (χ0v) is 9.47. The van der Waals surface area contributed by atoms with Crippen LogP contribution in [0.25, 0.3) is 0 Å². The highest BCUT2D eigenvalue weighted by Gasteiger charge is 2.38. The van der Waals surface area contributed by atoms with Gasteiger partial charge in [0.1, 0.15) is 6.04 Å². The Morgan fingerprint density at radius 3 is 3.06 bits per heavy atom. The third-order valence-corrected chi connectivity index (χ3v) is 3.93. The molecule has 3 heterocycles. The normalized spacial score (nSPS) is 39.7. The summed E-state index contributed by atoms with van der Waals surface area (Å²) in [7, 11) is 0. The zero-order chi connectivity index (χ0) is 11.1. The van der Waals surface area contributed by atoms with E-state index in [1.165, 1.54) is 19.4 Å². The number of carbonyl (C=O) groups is 1. The Balaban J connectivity index is 1.51. The zero-order valence-electron chi connectivity index (χ0n) is 9.47. The van der Waals surface area contributed by atoms with E-state index < -0.39 is 0 Å². The summed E-state index contributed by atoms with van der Waals surface area (Å²) in [6.07, 6.45) is 2.74. The fraction of sp³-hybridized carbons (Fsp3) is 0.909. The summed E-state index contributed by atoms with van der Waals surface area (Å²) in [6.45, 7) is 4.41. The largest absolute Gasteiger partial charge is 0.373 e. The highest BCUT2D eigenvalue weighted by Crippen LogP contribution is 2.23. The molecule has 3 rings (SSSR count). The van der Waals surface area contributed by atoms with Gasteiger partial charge in [-0.2, -0.15) is 0 Å². The van der Waals surface area contributed by atoms with Crippen molar-refractivity contribution < 1.29 is 9.53 Å². The van der Waals surface area contributed by atoms with E-state index in [1.807, 2.05) is 4.90 Å². The van der Waals surface area contributed by atoms with Crippen molar-refractivity contribution in [2.45, 2.75) is 31.0 Å². The SMILES string of the molecule is NC1CN(CC2CN3CCCC3CO2)C1=O. The van der Waals surface area contributed by atoms with Crippen LogP contribution in [0.15, 0.2) is 0 Å². The lowest BCUT2D eigenvalue weighted by Gasteiger charge is -2.42. The molecule has 90 valence electrons. The van der Waals surface area contributed by atoms with E-state index >= 15 is 0 Å². The molecule has 0 bridgehead atoms. The summed E-state index contributed by atoms with van der Waals surface area (Å²) >= 11 is 0. The second kappa shape index (κ2) is 3.98. The van der Waals surface area contributed by atoms with Crippen LogP contribution in [-0.4, -0.2) is 66.7 Å². The Morgan fingerprint density at radius 1 is 1.44 bits per heavy atom. The molecule has 0 aliphatic carbocycles. The maximum Gasteiger partial charge on any atom is 0.241 e. The number of morpholine rings is 1. The minimum Gasteiger partial charge on any atom is -0.373 e. The maximum atomic E-state index is 11.4. The predicted octanol–water partition coefficient (Wildman–Crippen LogP) is -0.981. The van der Waals surface area contributed by atoms with Crippen molar-refractivity contribution in [3.8, 4) is 0 Å². The standard InChI is InChI=1S/C11H19N3O2/c12-10-6-14(11(10)15)5-9-4-13-3-1-2-8(13)7-16-9/h8-10H,1-7,12H2. The number of β-lactam (4-membered cyclic amide) rings is 1. The first-order valence-corrected chi connectivity index (χ1v) is 6.14. The molecule has 0 aromatic heterocycles. The fourth-order valence-corrected chi connectivity index (χ4v) is 2.93. The molecular weight excluding hydrogens is 206 g/mol. The topological polar surface area (TPSA) is 58.8 Å². The van der Waals surface area contributed by atoms with Crippen molar-refractivity contribution in [1.29, 1.82) is 0 Å². The number of hydrogen-bond donors (Lipinski definition) is 1. The van der Waals surface area contributed by atoms with Gasteiger partial charge in [-0.3, -0.25) is 9.69 Å². The van der Waals surface area contributed by atoms with E-state index in [-0.39, 0.29) is 18.1 Å². The number of amides is 1. The van der Waals surface area contributed by atoms with Crippen LogP contribution in [-0.2, 0) is 9.53 Å². The molecule has 0 aromatic rings. The average Bonchev–Trinajstić information content (AvgIpc) is 2.75. The average molecular weight is 225 g/mol. The number of fused-ring (bicyclic) bond motifs is 1. The molecule has 3 aliphatic rings. The smallest absolute Gasteiger partial charge is 0.241 e. The molecule has 2 N–H and O–H groups in total. The van der Waals surface area contributed by atoms with Gasteiger partial charge in [0.15, 0.2) is 0 Å². The van der Waals surface area contributed by atoms with Gasteiger partial charge in [0, 0.05) is 25.7 Å². The van der Waals surface area contributed by atoms with Gasteiger partial charge in [-0.15, -0.1) is 0 Å². The summed E-state index contributed by atoms with van der Waals surface area (Å²) in [5.74, 6) is 0.0761. The monoisotopic (exact) mass is 225 g/mol. The van der Waals surface area contributed by atoms with Crippen LogP contribution in [0.4, 0.5) is 0 Å². The predicted molar refractivity (Wildman–Crippen MR) is 58.9 cm³/mol. The molecular formula is C11H19N3O2. The van der Waals surface area contributed by atoms with Crippen molar-refractivity contribution in [2.24, 2.45) is 5.73 Å².